The van der Waals surface area contributed by atoms with E-state index in [9.17, 15) is 4.79 Å². The van der Waals surface area contributed by atoms with Crippen LogP contribution in [0.1, 0.15) is 18.7 Å². The second kappa shape index (κ2) is 6.77. The first-order valence-corrected chi connectivity index (χ1v) is 8.21. The molecule has 2 aromatic rings. The van der Waals surface area contributed by atoms with Crippen LogP contribution < -0.4 is 10.9 Å². The minimum Gasteiger partial charge on any atom is -0.314 e. The Kier molecular flexibility index (Phi) is 4.92. The Morgan fingerprint density at radius 3 is 3.09 bits per heavy atom. The van der Waals surface area contributed by atoms with Gasteiger partial charge >= 0.3 is 0 Å². The molecule has 124 valence electrons. The van der Waals surface area contributed by atoms with Crippen LogP contribution in [0.3, 0.4) is 0 Å². The Morgan fingerprint density at radius 1 is 1.35 bits per heavy atom. The van der Waals surface area contributed by atoms with E-state index >= 15 is 0 Å². The molecule has 2 atom stereocenters. The van der Waals surface area contributed by atoms with E-state index in [0.29, 0.717) is 28.5 Å². The second-order valence-corrected chi connectivity index (χ2v) is 6.74. The molecule has 0 aliphatic carbocycles. The quantitative estimate of drug-likeness (QED) is 0.867. The molecule has 1 aromatic heterocycles. The van der Waals surface area contributed by atoms with Crippen molar-refractivity contribution in [3.63, 3.8) is 0 Å². The van der Waals surface area contributed by atoms with Crippen molar-refractivity contribution >= 4 is 34.9 Å². The van der Waals surface area contributed by atoms with Gasteiger partial charge in [-0.15, -0.1) is 12.4 Å². The van der Waals surface area contributed by atoms with Gasteiger partial charge in [-0.1, -0.05) is 11.6 Å². The summed E-state index contributed by atoms with van der Waals surface area (Å²) in [7, 11) is 0. The van der Waals surface area contributed by atoms with Gasteiger partial charge in [0.05, 0.1) is 17.4 Å². The molecule has 0 saturated carbocycles. The molecule has 2 fully saturated rings. The number of hydrogen-bond donors (Lipinski definition) is 2. The van der Waals surface area contributed by atoms with Crippen LogP contribution in [0.4, 0.5) is 0 Å². The molecule has 2 aliphatic heterocycles. The van der Waals surface area contributed by atoms with Crippen molar-refractivity contribution in [2.24, 2.45) is 5.92 Å². The lowest BCUT2D eigenvalue weighted by atomic mass is 9.93. The fourth-order valence-electron chi connectivity index (χ4n) is 3.71. The highest BCUT2D eigenvalue weighted by Crippen LogP contribution is 2.25. The summed E-state index contributed by atoms with van der Waals surface area (Å²) in [5.41, 5.74) is 0.598. The number of likely N-dealkylation sites (tertiary alicyclic amines) is 1. The van der Waals surface area contributed by atoms with Crippen LogP contribution in [0.2, 0.25) is 5.02 Å². The number of halogens is 2. The van der Waals surface area contributed by atoms with Crippen LogP contribution in [0.15, 0.2) is 23.0 Å². The summed E-state index contributed by atoms with van der Waals surface area (Å²) in [6, 6.07) is 5.93. The predicted octanol–water partition coefficient (Wildman–Crippen LogP) is 2.18. The summed E-state index contributed by atoms with van der Waals surface area (Å²) in [6.45, 7) is 3.97. The Morgan fingerprint density at radius 2 is 2.22 bits per heavy atom. The van der Waals surface area contributed by atoms with E-state index in [1.807, 2.05) is 6.07 Å². The first-order valence-electron chi connectivity index (χ1n) is 7.83. The minimum absolute atomic E-state index is 0. The van der Waals surface area contributed by atoms with E-state index < -0.39 is 0 Å². The average molecular weight is 355 g/mol. The molecular formula is C16H20Cl2N4O. The molecule has 2 saturated heterocycles. The van der Waals surface area contributed by atoms with Crippen LogP contribution >= 0.6 is 24.0 Å². The SMILES string of the molecule is Cl.O=c1[nH]c(CN2CCC3NCCC3C2)nc2ccc(Cl)cc12. The summed E-state index contributed by atoms with van der Waals surface area (Å²) >= 11 is 5.94. The van der Waals surface area contributed by atoms with Crippen LogP contribution in [0.25, 0.3) is 10.9 Å². The van der Waals surface area contributed by atoms with E-state index in [2.05, 4.69) is 20.2 Å². The van der Waals surface area contributed by atoms with Gasteiger partial charge in [-0.25, -0.2) is 4.98 Å². The minimum atomic E-state index is -0.111. The highest BCUT2D eigenvalue weighted by atomic mass is 35.5. The molecule has 0 radical (unpaired) electrons. The normalized spacial score (nSPS) is 24.4. The largest absolute Gasteiger partial charge is 0.314 e. The van der Waals surface area contributed by atoms with Gasteiger partial charge in [-0.2, -0.15) is 0 Å². The van der Waals surface area contributed by atoms with Gasteiger partial charge in [-0.05, 0) is 43.5 Å². The van der Waals surface area contributed by atoms with Crippen molar-refractivity contribution in [3.05, 3.63) is 39.4 Å². The van der Waals surface area contributed by atoms with Crippen LogP contribution in [0, 0.1) is 5.92 Å². The molecule has 2 aliphatic rings. The zero-order valence-corrected chi connectivity index (χ0v) is 14.3. The first-order chi connectivity index (χ1) is 10.7. The van der Waals surface area contributed by atoms with Crippen molar-refractivity contribution < 1.29 is 0 Å². The third kappa shape index (κ3) is 3.38. The smallest absolute Gasteiger partial charge is 0.258 e. The number of rotatable bonds is 2. The zero-order chi connectivity index (χ0) is 15.1. The predicted molar refractivity (Wildman–Crippen MR) is 94.4 cm³/mol. The fourth-order valence-corrected chi connectivity index (χ4v) is 3.88. The van der Waals surface area contributed by atoms with Crippen molar-refractivity contribution in [1.29, 1.82) is 0 Å². The molecule has 2 unspecified atom stereocenters. The summed E-state index contributed by atoms with van der Waals surface area (Å²) in [5.74, 6) is 1.48. The number of aromatic nitrogens is 2. The Bertz CT molecular complexity index is 763. The van der Waals surface area contributed by atoms with Crippen molar-refractivity contribution in [2.45, 2.75) is 25.4 Å². The number of fused-ring (bicyclic) bond motifs is 2. The zero-order valence-electron chi connectivity index (χ0n) is 12.7. The lowest BCUT2D eigenvalue weighted by molar-refractivity contribution is 0.153. The standard InChI is InChI=1S/C16H19ClN4O.ClH/c17-11-1-2-14-12(7-11)16(22)20-15(19-14)9-21-6-4-13-10(8-21)3-5-18-13;/h1-2,7,10,13,18H,3-6,8-9H2,(H,19,20,22);1H. The molecule has 1 aromatic carbocycles. The topological polar surface area (TPSA) is 61.0 Å². The average Bonchev–Trinajstić information content (AvgIpc) is 2.96. The highest BCUT2D eigenvalue weighted by Gasteiger charge is 2.32. The number of nitrogens with one attached hydrogen (secondary N) is 2. The van der Waals surface area contributed by atoms with E-state index in [4.69, 9.17) is 11.6 Å². The van der Waals surface area contributed by atoms with Crippen LogP contribution in [0.5, 0.6) is 0 Å². The van der Waals surface area contributed by atoms with E-state index in [1.165, 1.54) is 12.8 Å². The molecule has 0 bridgehead atoms. The molecule has 7 heteroatoms. The molecule has 3 heterocycles. The number of aromatic amines is 1. The van der Waals surface area contributed by atoms with Crippen molar-refractivity contribution in [3.8, 4) is 0 Å². The van der Waals surface area contributed by atoms with Crippen molar-refractivity contribution in [1.82, 2.24) is 20.2 Å². The monoisotopic (exact) mass is 354 g/mol. The number of hydrogen-bond acceptors (Lipinski definition) is 4. The number of nitrogens with zero attached hydrogens (tertiary/aromatic N) is 2. The fraction of sp³-hybridized carbons (Fsp3) is 0.500. The number of H-pyrrole nitrogens is 1. The van der Waals surface area contributed by atoms with Crippen LogP contribution in [-0.2, 0) is 6.54 Å². The van der Waals surface area contributed by atoms with E-state index in [1.54, 1.807) is 12.1 Å². The highest BCUT2D eigenvalue weighted by molar-refractivity contribution is 6.31. The lowest BCUT2D eigenvalue weighted by Gasteiger charge is -2.34. The van der Waals surface area contributed by atoms with E-state index in [0.717, 1.165) is 31.4 Å². The molecule has 0 amide bonds. The van der Waals surface area contributed by atoms with Gasteiger partial charge < -0.3 is 10.3 Å². The molecule has 0 spiro atoms. The molecule has 5 nitrogen and oxygen atoms in total. The lowest BCUT2D eigenvalue weighted by Crippen LogP contribution is -2.44. The summed E-state index contributed by atoms with van der Waals surface area (Å²) < 4.78 is 0. The third-order valence-corrected chi connectivity index (χ3v) is 5.06. The molecular weight excluding hydrogens is 335 g/mol. The molecule has 23 heavy (non-hydrogen) atoms. The Hall–Kier alpha value is -1.14. The molecule has 2 N–H and O–H groups in total. The van der Waals surface area contributed by atoms with Crippen molar-refractivity contribution in [2.75, 3.05) is 19.6 Å². The third-order valence-electron chi connectivity index (χ3n) is 4.83. The van der Waals surface area contributed by atoms with Gasteiger partial charge in [0.1, 0.15) is 5.82 Å². The second-order valence-electron chi connectivity index (χ2n) is 6.31. The number of benzene rings is 1. The number of piperidine rings is 1. The maximum absolute atomic E-state index is 12.2. The van der Waals surface area contributed by atoms with Gasteiger partial charge in [0.25, 0.3) is 5.56 Å². The maximum atomic E-state index is 12.2. The first kappa shape index (κ1) is 16.7. The van der Waals surface area contributed by atoms with Gasteiger partial charge in [0.2, 0.25) is 0 Å². The maximum Gasteiger partial charge on any atom is 0.258 e. The van der Waals surface area contributed by atoms with Crippen LogP contribution in [-0.4, -0.2) is 40.5 Å². The van der Waals surface area contributed by atoms with Gasteiger partial charge in [-0.3, -0.25) is 9.69 Å². The summed E-state index contributed by atoms with van der Waals surface area (Å²) in [6.07, 6.45) is 2.43. The van der Waals surface area contributed by atoms with Gasteiger partial charge in [0, 0.05) is 24.2 Å². The van der Waals surface area contributed by atoms with Gasteiger partial charge in [0.15, 0.2) is 0 Å². The summed E-state index contributed by atoms with van der Waals surface area (Å²) in [5, 5.41) is 4.68. The summed E-state index contributed by atoms with van der Waals surface area (Å²) in [4.78, 5) is 22.1. The molecule has 4 rings (SSSR count). The Balaban J connectivity index is 0.00000156. The van der Waals surface area contributed by atoms with E-state index in [-0.39, 0.29) is 18.0 Å². The Labute approximate surface area is 145 Å².